The van der Waals surface area contributed by atoms with E-state index in [2.05, 4.69) is 52.9 Å². The van der Waals surface area contributed by atoms with Crippen LogP contribution in [0.1, 0.15) is 32.3 Å². The van der Waals surface area contributed by atoms with Gasteiger partial charge in [-0.2, -0.15) is 0 Å². The van der Waals surface area contributed by atoms with Gasteiger partial charge < -0.3 is 9.64 Å². The van der Waals surface area contributed by atoms with Crippen molar-refractivity contribution in [2.24, 2.45) is 0 Å². The van der Waals surface area contributed by atoms with Crippen LogP contribution in [-0.2, 0) is 11.3 Å². The maximum absolute atomic E-state index is 13.6. The lowest BCUT2D eigenvalue weighted by Gasteiger charge is -2.44. The molecule has 3 heterocycles. The van der Waals surface area contributed by atoms with E-state index in [1.165, 1.54) is 17.7 Å². The molecule has 1 aromatic heterocycles. The van der Waals surface area contributed by atoms with Crippen molar-refractivity contribution in [2.75, 3.05) is 31.1 Å². The topological polar surface area (TPSA) is 48.9 Å². The third kappa shape index (κ3) is 5.03. The molecule has 2 saturated heterocycles. The van der Waals surface area contributed by atoms with E-state index >= 15 is 0 Å². The number of thiazole rings is 1. The number of amides is 1. The molecule has 5 rings (SSSR count). The fourth-order valence-corrected chi connectivity index (χ4v) is 6.06. The highest BCUT2D eigenvalue weighted by atomic mass is 32.1. The van der Waals surface area contributed by atoms with Crippen molar-refractivity contribution in [3.05, 3.63) is 59.9 Å². The summed E-state index contributed by atoms with van der Waals surface area (Å²) in [7, 11) is 0. The van der Waals surface area contributed by atoms with Gasteiger partial charge in [-0.3, -0.25) is 9.80 Å². The standard InChI is InChI=1S/C26H31FN4O2S/c1-18-15-30(25-28-23-14-21(27)8-9-24(23)34-25)16-19(2)31(18)26(32)33-22-10-12-29(13-11-22)17-20-6-4-3-5-7-20/h3-9,14,18-19,22H,10-13,15-17H2,1-2H3/t18-,19-/m1/s1. The molecule has 8 heteroatoms. The van der Waals surface area contributed by atoms with Gasteiger partial charge in [0, 0.05) is 38.8 Å². The molecule has 2 atom stereocenters. The Bertz CT molecular complexity index is 1120. The molecular weight excluding hydrogens is 451 g/mol. The lowest BCUT2D eigenvalue weighted by molar-refractivity contribution is 0.0101. The maximum Gasteiger partial charge on any atom is 0.410 e. The van der Waals surface area contributed by atoms with Gasteiger partial charge in [0.25, 0.3) is 0 Å². The number of ether oxygens (including phenoxy) is 1. The Hall–Kier alpha value is -2.71. The number of halogens is 1. The molecule has 2 fully saturated rings. The van der Waals surface area contributed by atoms with Gasteiger partial charge in [-0.05, 0) is 44.4 Å². The highest BCUT2D eigenvalue weighted by Crippen LogP contribution is 2.32. The minimum atomic E-state index is -0.274. The van der Waals surface area contributed by atoms with Crippen molar-refractivity contribution in [1.82, 2.24) is 14.8 Å². The van der Waals surface area contributed by atoms with Gasteiger partial charge in [-0.15, -0.1) is 0 Å². The molecule has 1 amide bonds. The van der Waals surface area contributed by atoms with Gasteiger partial charge in [-0.1, -0.05) is 41.7 Å². The molecule has 0 saturated carbocycles. The predicted molar refractivity (Wildman–Crippen MR) is 134 cm³/mol. The number of piperidine rings is 1. The normalized spacial score (nSPS) is 22.3. The summed E-state index contributed by atoms with van der Waals surface area (Å²) in [6.07, 6.45) is 1.48. The highest BCUT2D eigenvalue weighted by molar-refractivity contribution is 7.22. The zero-order valence-electron chi connectivity index (χ0n) is 19.7. The summed E-state index contributed by atoms with van der Waals surface area (Å²) in [5.41, 5.74) is 2.00. The van der Waals surface area contributed by atoms with Gasteiger partial charge in [0.2, 0.25) is 0 Å². The number of carbonyl (C=O) groups is 1. The second kappa shape index (κ2) is 9.88. The summed E-state index contributed by atoms with van der Waals surface area (Å²) in [4.78, 5) is 24.2. The number of anilines is 1. The fourth-order valence-electron chi connectivity index (χ4n) is 5.09. The number of carbonyl (C=O) groups excluding carboxylic acids is 1. The molecule has 0 spiro atoms. The Morgan fingerprint density at radius 3 is 2.50 bits per heavy atom. The minimum absolute atomic E-state index is 0.00170. The Morgan fingerprint density at radius 2 is 1.79 bits per heavy atom. The Kier molecular flexibility index (Phi) is 6.70. The largest absolute Gasteiger partial charge is 0.446 e. The van der Waals surface area contributed by atoms with E-state index in [1.807, 2.05) is 11.0 Å². The highest BCUT2D eigenvalue weighted by Gasteiger charge is 2.36. The lowest BCUT2D eigenvalue weighted by Crippen LogP contribution is -2.59. The molecule has 2 aliphatic rings. The van der Waals surface area contributed by atoms with Crippen molar-refractivity contribution in [3.63, 3.8) is 0 Å². The van der Waals surface area contributed by atoms with Gasteiger partial charge in [0.1, 0.15) is 11.9 Å². The smallest absolute Gasteiger partial charge is 0.410 e. The van der Waals surface area contributed by atoms with Crippen LogP contribution >= 0.6 is 11.3 Å². The van der Waals surface area contributed by atoms with E-state index in [0.717, 1.165) is 42.3 Å². The lowest BCUT2D eigenvalue weighted by atomic mass is 10.1. The van der Waals surface area contributed by atoms with E-state index in [1.54, 1.807) is 17.4 Å². The summed E-state index contributed by atoms with van der Waals surface area (Å²) in [6, 6.07) is 15.2. The van der Waals surface area contributed by atoms with Crippen molar-refractivity contribution < 1.29 is 13.9 Å². The molecule has 0 radical (unpaired) electrons. The van der Waals surface area contributed by atoms with E-state index in [-0.39, 0.29) is 30.1 Å². The van der Waals surface area contributed by atoms with Crippen LogP contribution in [0.3, 0.4) is 0 Å². The average Bonchev–Trinajstić information content (AvgIpc) is 3.24. The Labute approximate surface area is 203 Å². The SMILES string of the molecule is C[C@@H]1CN(c2nc3cc(F)ccc3s2)C[C@@H](C)N1C(=O)OC1CCN(Cc2ccccc2)CC1. The molecule has 2 aromatic carbocycles. The monoisotopic (exact) mass is 482 g/mol. The number of benzene rings is 2. The summed E-state index contributed by atoms with van der Waals surface area (Å²) in [5, 5.41) is 0.873. The van der Waals surface area contributed by atoms with Crippen LogP contribution in [0.2, 0.25) is 0 Å². The first-order chi connectivity index (χ1) is 16.5. The summed E-state index contributed by atoms with van der Waals surface area (Å²) in [6.45, 7) is 8.27. The zero-order chi connectivity index (χ0) is 23.7. The molecule has 2 aliphatic heterocycles. The molecule has 0 aliphatic carbocycles. The van der Waals surface area contributed by atoms with E-state index < -0.39 is 0 Å². The second-order valence-corrected chi connectivity index (χ2v) is 10.5. The minimum Gasteiger partial charge on any atom is -0.446 e. The first kappa shape index (κ1) is 23.1. The first-order valence-corrected chi connectivity index (χ1v) is 12.8. The van der Waals surface area contributed by atoms with E-state index in [0.29, 0.717) is 18.6 Å². The summed E-state index contributed by atoms with van der Waals surface area (Å²) in [5.74, 6) is -0.274. The van der Waals surface area contributed by atoms with Crippen LogP contribution in [0.4, 0.5) is 14.3 Å². The average molecular weight is 483 g/mol. The molecule has 34 heavy (non-hydrogen) atoms. The molecule has 180 valence electrons. The van der Waals surface area contributed by atoms with Crippen LogP contribution in [0.5, 0.6) is 0 Å². The Balaban J connectivity index is 1.15. The third-order valence-electron chi connectivity index (χ3n) is 6.79. The van der Waals surface area contributed by atoms with Crippen LogP contribution in [0.15, 0.2) is 48.5 Å². The van der Waals surface area contributed by atoms with Crippen LogP contribution in [0.25, 0.3) is 10.2 Å². The number of fused-ring (bicyclic) bond motifs is 1. The maximum atomic E-state index is 13.6. The molecule has 6 nitrogen and oxygen atoms in total. The Morgan fingerprint density at radius 1 is 1.09 bits per heavy atom. The third-order valence-corrected chi connectivity index (χ3v) is 7.89. The summed E-state index contributed by atoms with van der Waals surface area (Å²) < 4.78 is 20.5. The van der Waals surface area contributed by atoms with Gasteiger partial charge in [0.05, 0.1) is 22.3 Å². The quantitative estimate of drug-likeness (QED) is 0.516. The molecule has 3 aromatic rings. The second-order valence-electron chi connectivity index (χ2n) is 9.46. The summed E-state index contributed by atoms with van der Waals surface area (Å²) >= 11 is 1.56. The zero-order valence-corrected chi connectivity index (χ0v) is 20.5. The molecular formula is C26H31FN4O2S. The van der Waals surface area contributed by atoms with Crippen LogP contribution < -0.4 is 4.90 Å². The number of hydrogen-bond donors (Lipinski definition) is 0. The molecule has 0 unspecified atom stereocenters. The number of piperazine rings is 1. The number of likely N-dealkylation sites (tertiary alicyclic amines) is 1. The van der Waals surface area contributed by atoms with Gasteiger partial charge in [0.15, 0.2) is 5.13 Å². The van der Waals surface area contributed by atoms with Crippen molar-refractivity contribution in [3.8, 4) is 0 Å². The number of nitrogens with zero attached hydrogens (tertiary/aromatic N) is 4. The number of aromatic nitrogens is 1. The van der Waals surface area contributed by atoms with Crippen molar-refractivity contribution in [1.29, 1.82) is 0 Å². The number of hydrogen-bond acceptors (Lipinski definition) is 6. The fraction of sp³-hybridized carbons (Fsp3) is 0.462. The van der Waals surface area contributed by atoms with Crippen LogP contribution in [-0.4, -0.2) is 65.2 Å². The van der Waals surface area contributed by atoms with Crippen molar-refractivity contribution in [2.45, 2.75) is 51.4 Å². The van der Waals surface area contributed by atoms with E-state index in [9.17, 15) is 9.18 Å². The number of rotatable bonds is 4. The van der Waals surface area contributed by atoms with Gasteiger partial charge in [-0.25, -0.2) is 14.2 Å². The van der Waals surface area contributed by atoms with Gasteiger partial charge >= 0.3 is 6.09 Å². The van der Waals surface area contributed by atoms with E-state index in [4.69, 9.17) is 4.74 Å². The molecule has 0 N–H and O–H groups in total. The van der Waals surface area contributed by atoms with Crippen LogP contribution in [0, 0.1) is 5.82 Å². The van der Waals surface area contributed by atoms with Crippen molar-refractivity contribution >= 4 is 32.8 Å². The molecule has 0 bridgehead atoms. The first-order valence-electron chi connectivity index (χ1n) is 12.0. The predicted octanol–water partition coefficient (Wildman–Crippen LogP) is 5.14.